The average molecular weight is 254 g/mol. The molecule has 1 amide bonds. The summed E-state index contributed by atoms with van der Waals surface area (Å²) in [5.74, 6) is 0.807. The second kappa shape index (κ2) is 6.02. The van der Waals surface area contributed by atoms with Gasteiger partial charge in [-0.15, -0.1) is 0 Å². The molecule has 2 rings (SSSR count). The molecule has 0 bridgehead atoms. The lowest BCUT2D eigenvalue weighted by Gasteiger charge is -2.34. The minimum atomic E-state index is -0.254. The van der Waals surface area contributed by atoms with Crippen molar-refractivity contribution < 1.29 is 9.53 Å². The Morgan fingerprint density at radius 3 is 2.67 bits per heavy atom. The van der Waals surface area contributed by atoms with Crippen LogP contribution in [0.5, 0.6) is 0 Å². The lowest BCUT2D eigenvalue weighted by molar-refractivity contribution is -0.141. The van der Waals surface area contributed by atoms with Gasteiger partial charge in [0, 0.05) is 32.2 Å². The molecule has 1 saturated heterocycles. The van der Waals surface area contributed by atoms with Gasteiger partial charge in [-0.1, -0.05) is 12.8 Å². The zero-order chi connectivity index (χ0) is 13.0. The van der Waals surface area contributed by atoms with Crippen LogP contribution in [0.4, 0.5) is 0 Å². The lowest BCUT2D eigenvalue weighted by Crippen LogP contribution is -2.48. The van der Waals surface area contributed by atoms with Gasteiger partial charge in [0.05, 0.1) is 12.0 Å². The molecule has 2 aliphatic rings. The van der Waals surface area contributed by atoms with E-state index in [9.17, 15) is 4.79 Å². The third-order valence-electron chi connectivity index (χ3n) is 4.58. The highest BCUT2D eigenvalue weighted by molar-refractivity contribution is 5.83. The third kappa shape index (κ3) is 2.69. The molecule has 1 aliphatic carbocycles. The summed E-state index contributed by atoms with van der Waals surface area (Å²) in [6, 6.07) is 0. The highest BCUT2D eigenvalue weighted by Gasteiger charge is 2.42. The monoisotopic (exact) mass is 254 g/mol. The predicted molar refractivity (Wildman–Crippen MR) is 71.1 cm³/mol. The van der Waals surface area contributed by atoms with Gasteiger partial charge in [-0.05, 0) is 26.2 Å². The summed E-state index contributed by atoms with van der Waals surface area (Å²) in [6.45, 7) is 5.85. The maximum atomic E-state index is 12.7. The zero-order valence-corrected chi connectivity index (χ0v) is 11.5. The average Bonchev–Trinajstić information content (AvgIpc) is 3.06. The Labute approximate surface area is 110 Å². The quantitative estimate of drug-likeness (QED) is 0.806. The first-order valence-corrected chi connectivity index (χ1v) is 7.29. The smallest absolute Gasteiger partial charge is 0.230 e. The van der Waals surface area contributed by atoms with Crippen molar-refractivity contribution in [2.75, 3.05) is 32.8 Å². The molecule has 1 saturated carbocycles. The van der Waals surface area contributed by atoms with Crippen molar-refractivity contribution in [1.82, 2.24) is 4.90 Å². The number of hydrogen-bond acceptors (Lipinski definition) is 3. The van der Waals surface area contributed by atoms with E-state index in [0.29, 0.717) is 12.5 Å². The van der Waals surface area contributed by atoms with Gasteiger partial charge in [-0.3, -0.25) is 4.79 Å². The predicted octanol–water partition coefficient (Wildman–Crippen LogP) is 1.39. The highest BCUT2D eigenvalue weighted by atomic mass is 16.5. The summed E-state index contributed by atoms with van der Waals surface area (Å²) in [6.07, 6.45) is 5.32. The van der Waals surface area contributed by atoms with E-state index in [1.54, 1.807) is 0 Å². The molecule has 0 aromatic carbocycles. The summed E-state index contributed by atoms with van der Waals surface area (Å²) in [5.41, 5.74) is 5.64. The number of ether oxygens (including phenoxy) is 1. The van der Waals surface area contributed by atoms with E-state index in [0.717, 1.165) is 58.4 Å². The second-order valence-electron chi connectivity index (χ2n) is 5.76. The van der Waals surface area contributed by atoms with E-state index in [-0.39, 0.29) is 11.3 Å². The molecule has 1 aliphatic heterocycles. The molecule has 0 aromatic rings. The maximum absolute atomic E-state index is 12.7. The standard InChI is InChI=1S/C14H26N2O2/c1-2-16(9-12-5-8-18-10-12)13(17)14(11-15)6-3-4-7-14/h12H,2-11,15H2,1H3. The molecular weight excluding hydrogens is 228 g/mol. The Morgan fingerprint density at radius 1 is 1.44 bits per heavy atom. The van der Waals surface area contributed by atoms with Crippen LogP contribution in [0.3, 0.4) is 0 Å². The molecule has 4 heteroatoms. The van der Waals surface area contributed by atoms with Crippen LogP contribution in [0.2, 0.25) is 0 Å². The fraction of sp³-hybridized carbons (Fsp3) is 0.929. The van der Waals surface area contributed by atoms with Crippen molar-refractivity contribution >= 4 is 5.91 Å². The van der Waals surface area contributed by atoms with Crippen LogP contribution in [0.15, 0.2) is 0 Å². The Hall–Kier alpha value is -0.610. The number of nitrogens with zero attached hydrogens (tertiary/aromatic N) is 1. The number of amides is 1. The number of rotatable bonds is 5. The fourth-order valence-electron chi connectivity index (χ4n) is 3.29. The third-order valence-corrected chi connectivity index (χ3v) is 4.58. The van der Waals surface area contributed by atoms with E-state index < -0.39 is 0 Å². The Morgan fingerprint density at radius 2 is 2.17 bits per heavy atom. The van der Waals surface area contributed by atoms with Crippen molar-refractivity contribution in [1.29, 1.82) is 0 Å². The molecule has 1 unspecified atom stereocenters. The molecule has 1 heterocycles. The minimum Gasteiger partial charge on any atom is -0.381 e. The van der Waals surface area contributed by atoms with Gasteiger partial charge in [0.2, 0.25) is 5.91 Å². The van der Waals surface area contributed by atoms with E-state index in [2.05, 4.69) is 6.92 Å². The molecule has 104 valence electrons. The van der Waals surface area contributed by atoms with Crippen LogP contribution in [0.25, 0.3) is 0 Å². The second-order valence-corrected chi connectivity index (χ2v) is 5.76. The maximum Gasteiger partial charge on any atom is 0.230 e. The van der Waals surface area contributed by atoms with E-state index in [4.69, 9.17) is 10.5 Å². The molecule has 0 spiro atoms. The van der Waals surface area contributed by atoms with E-state index in [1.807, 2.05) is 4.90 Å². The largest absolute Gasteiger partial charge is 0.381 e. The van der Waals surface area contributed by atoms with Crippen molar-refractivity contribution in [3.05, 3.63) is 0 Å². The van der Waals surface area contributed by atoms with Crippen molar-refractivity contribution in [3.8, 4) is 0 Å². The highest BCUT2D eigenvalue weighted by Crippen LogP contribution is 2.39. The zero-order valence-electron chi connectivity index (χ0n) is 11.5. The van der Waals surface area contributed by atoms with Gasteiger partial charge in [0.15, 0.2) is 0 Å². The summed E-state index contributed by atoms with van der Waals surface area (Å²) in [4.78, 5) is 14.7. The van der Waals surface area contributed by atoms with Gasteiger partial charge >= 0.3 is 0 Å². The van der Waals surface area contributed by atoms with Crippen LogP contribution in [-0.2, 0) is 9.53 Å². The van der Waals surface area contributed by atoms with Gasteiger partial charge in [0.25, 0.3) is 0 Å². The Kier molecular flexibility index (Phi) is 4.62. The van der Waals surface area contributed by atoms with Crippen molar-refractivity contribution in [2.45, 2.75) is 39.0 Å². The number of carbonyl (C=O) groups is 1. The lowest BCUT2D eigenvalue weighted by atomic mass is 9.84. The molecule has 2 N–H and O–H groups in total. The molecule has 1 atom stereocenters. The van der Waals surface area contributed by atoms with E-state index in [1.165, 1.54) is 0 Å². The molecular formula is C14H26N2O2. The molecule has 2 fully saturated rings. The van der Waals surface area contributed by atoms with Crippen LogP contribution in [0.1, 0.15) is 39.0 Å². The van der Waals surface area contributed by atoms with Gasteiger partial charge in [-0.25, -0.2) is 0 Å². The number of carbonyl (C=O) groups excluding carboxylic acids is 1. The summed E-state index contributed by atoms with van der Waals surface area (Å²) >= 11 is 0. The minimum absolute atomic E-state index is 0.254. The summed E-state index contributed by atoms with van der Waals surface area (Å²) < 4.78 is 5.40. The van der Waals surface area contributed by atoms with Gasteiger partial charge in [0.1, 0.15) is 0 Å². The van der Waals surface area contributed by atoms with Crippen LogP contribution < -0.4 is 5.73 Å². The van der Waals surface area contributed by atoms with Crippen LogP contribution >= 0.6 is 0 Å². The van der Waals surface area contributed by atoms with Crippen LogP contribution in [0, 0.1) is 11.3 Å². The Bertz CT molecular complexity index is 282. The molecule has 0 aromatic heterocycles. The SMILES string of the molecule is CCN(CC1CCOC1)C(=O)C1(CN)CCCC1. The number of hydrogen-bond donors (Lipinski definition) is 1. The first kappa shape index (κ1) is 13.8. The number of nitrogens with two attached hydrogens (primary N) is 1. The normalized spacial score (nSPS) is 26.4. The van der Waals surface area contributed by atoms with Gasteiger partial charge < -0.3 is 15.4 Å². The topological polar surface area (TPSA) is 55.6 Å². The summed E-state index contributed by atoms with van der Waals surface area (Å²) in [7, 11) is 0. The van der Waals surface area contributed by atoms with Gasteiger partial charge in [-0.2, -0.15) is 0 Å². The first-order chi connectivity index (χ1) is 8.72. The Balaban J connectivity index is 1.99. The van der Waals surface area contributed by atoms with Crippen molar-refractivity contribution in [3.63, 3.8) is 0 Å². The van der Waals surface area contributed by atoms with Crippen LogP contribution in [-0.4, -0.2) is 43.7 Å². The first-order valence-electron chi connectivity index (χ1n) is 7.29. The molecule has 4 nitrogen and oxygen atoms in total. The molecule has 0 radical (unpaired) electrons. The fourth-order valence-corrected chi connectivity index (χ4v) is 3.29. The van der Waals surface area contributed by atoms with E-state index >= 15 is 0 Å². The van der Waals surface area contributed by atoms with Crippen molar-refractivity contribution in [2.24, 2.45) is 17.1 Å². The molecule has 18 heavy (non-hydrogen) atoms. The summed E-state index contributed by atoms with van der Waals surface area (Å²) in [5, 5.41) is 0.